The molecule has 0 heterocycles. The van der Waals surface area contributed by atoms with Crippen LogP contribution < -0.4 is 20.5 Å². The van der Waals surface area contributed by atoms with Gasteiger partial charge in [0.1, 0.15) is 18.1 Å². The number of methoxy groups -OCH3 is 1. The summed E-state index contributed by atoms with van der Waals surface area (Å²) < 4.78 is 11.0. The standard InChI is InChI=1S/C28H32N2O4.H2/c1-19(29)26(20(2)31)18-34-25-13-9-21(10-14-25)17-27(32)30-28(22-7-5-4-6-8-22)23-11-15-24(33-3)16-12-23;/h5,7-16,28H,4,6,17-18,29H2,1-3H3,(H,30,32);1H/b26-19-;. The molecule has 6 heteroatoms. The molecule has 0 aromatic heterocycles. The molecule has 1 unspecified atom stereocenters. The van der Waals surface area contributed by atoms with Gasteiger partial charge in [-0.15, -0.1) is 0 Å². The molecule has 0 saturated carbocycles. The molecule has 0 bridgehead atoms. The van der Waals surface area contributed by atoms with Crippen LogP contribution in [0.1, 0.15) is 45.3 Å². The van der Waals surface area contributed by atoms with Crippen molar-refractivity contribution in [1.82, 2.24) is 5.32 Å². The van der Waals surface area contributed by atoms with Crippen molar-refractivity contribution in [2.24, 2.45) is 5.73 Å². The van der Waals surface area contributed by atoms with E-state index in [0.717, 1.165) is 35.3 Å². The molecule has 2 aromatic rings. The molecular formula is C28H34N2O4. The summed E-state index contributed by atoms with van der Waals surface area (Å²) in [6.45, 7) is 3.26. The van der Waals surface area contributed by atoms with Crippen LogP contribution in [-0.4, -0.2) is 25.4 Å². The van der Waals surface area contributed by atoms with Gasteiger partial charge in [0, 0.05) is 7.12 Å². The summed E-state index contributed by atoms with van der Waals surface area (Å²) in [6, 6.07) is 14.8. The third-order valence-corrected chi connectivity index (χ3v) is 5.68. The van der Waals surface area contributed by atoms with Crippen LogP contribution >= 0.6 is 0 Å². The van der Waals surface area contributed by atoms with Crippen molar-refractivity contribution in [3.63, 3.8) is 0 Å². The first kappa shape index (κ1) is 24.8. The number of carbonyl (C=O) groups is 2. The monoisotopic (exact) mass is 462 g/mol. The maximum Gasteiger partial charge on any atom is 0.225 e. The number of ether oxygens (including phenoxy) is 2. The molecule has 2 aromatic carbocycles. The van der Waals surface area contributed by atoms with Gasteiger partial charge in [0.05, 0.1) is 25.1 Å². The van der Waals surface area contributed by atoms with Gasteiger partial charge in [-0.05, 0) is 67.7 Å². The second-order valence-corrected chi connectivity index (χ2v) is 8.28. The van der Waals surface area contributed by atoms with E-state index in [1.165, 1.54) is 6.92 Å². The van der Waals surface area contributed by atoms with Gasteiger partial charge in [0.25, 0.3) is 0 Å². The predicted molar refractivity (Wildman–Crippen MR) is 136 cm³/mol. The fourth-order valence-electron chi connectivity index (χ4n) is 3.75. The molecule has 1 aliphatic carbocycles. The lowest BCUT2D eigenvalue weighted by Crippen LogP contribution is -2.31. The van der Waals surface area contributed by atoms with Crippen LogP contribution in [0.3, 0.4) is 0 Å². The Morgan fingerprint density at radius 3 is 2.26 bits per heavy atom. The van der Waals surface area contributed by atoms with Crippen LogP contribution in [0.15, 0.2) is 83.6 Å². The molecule has 1 amide bonds. The first-order valence-electron chi connectivity index (χ1n) is 11.3. The van der Waals surface area contributed by atoms with Gasteiger partial charge < -0.3 is 20.5 Å². The van der Waals surface area contributed by atoms with E-state index in [1.807, 2.05) is 36.4 Å². The second-order valence-electron chi connectivity index (χ2n) is 8.28. The van der Waals surface area contributed by atoms with Crippen LogP contribution in [0.4, 0.5) is 0 Å². The van der Waals surface area contributed by atoms with Crippen molar-refractivity contribution in [3.05, 3.63) is 94.7 Å². The highest BCUT2D eigenvalue weighted by Crippen LogP contribution is 2.28. The Hall–Kier alpha value is -3.80. The van der Waals surface area contributed by atoms with Gasteiger partial charge in [0.15, 0.2) is 5.78 Å². The maximum atomic E-state index is 12.9. The SMILES string of the molecule is COc1ccc(C(NC(=O)Cc2ccc(OC/C(C(C)=O)=C(\C)N)cc2)C2=CCCC=C2)cc1.[HH]. The molecule has 0 spiro atoms. The minimum atomic E-state index is -0.228. The maximum absolute atomic E-state index is 12.9. The Morgan fingerprint density at radius 1 is 1.03 bits per heavy atom. The van der Waals surface area contributed by atoms with Crippen LogP contribution in [0.25, 0.3) is 0 Å². The molecular weight excluding hydrogens is 428 g/mol. The van der Waals surface area contributed by atoms with Crippen LogP contribution in [0, 0.1) is 0 Å². The van der Waals surface area contributed by atoms with Crippen LogP contribution in [0.5, 0.6) is 11.5 Å². The lowest BCUT2D eigenvalue weighted by atomic mass is 9.94. The second kappa shape index (κ2) is 11.9. The zero-order valence-electron chi connectivity index (χ0n) is 20.0. The largest absolute Gasteiger partial charge is 0.497 e. The molecule has 0 aliphatic heterocycles. The molecule has 6 nitrogen and oxygen atoms in total. The lowest BCUT2D eigenvalue weighted by Gasteiger charge is -2.22. The summed E-state index contributed by atoms with van der Waals surface area (Å²) in [7, 11) is 1.63. The quantitative estimate of drug-likeness (QED) is 0.494. The van der Waals surface area contributed by atoms with Gasteiger partial charge in [-0.3, -0.25) is 9.59 Å². The van der Waals surface area contributed by atoms with Crippen molar-refractivity contribution < 1.29 is 20.5 Å². The van der Waals surface area contributed by atoms with Gasteiger partial charge >= 0.3 is 0 Å². The highest BCUT2D eigenvalue weighted by molar-refractivity contribution is 5.94. The lowest BCUT2D eigenvalue weighted by molar-refractivity contribution is -0.121. The van der Waals surface area contributed by atoms with E-state index in [1.54, 1.807) is 26.2 Å². The zero-order chi connectivity index (χ0) is 24.5. The van der Waals surface area contributed by atoms with Crippen molar-refractivity contribution >= 4 is 11.7 Å². The zero-order valence-corrected chi connectivity index (χ0v) is 20.0. The van der Waals surface area contributed by atoms with Gasteiger partial charge in [-0.1, -0.05) is 42.5 Å². The van der Waals surface area contributed by atoms with Crippen molar-refractivity contribution in [3.8, 4) is 11.5 Å². The minimum absolute atomic E-state index is 0. The molecule has 3 rings (SSSR count). The summed E-state index contributed by atoms with van der Waals surface area (Å²) in [4.78, 5) is 24.6. The van der Waals surface area contributed by atoms with Crippen LogP contribution in [0.2, 0.25) is 0 Å². The molecule has 34 heavy (non-hydrogen) atoms. The summed E-state index contributed by atoms with van der Waals surface area (Å²) in [5.74, 6) is 1.20. The molecule has 180 valence electrons. The molecule has 1 atom stereocenters. The van der Waals surface area contributed by atoms with Crippen molar-refractivity contribution in [1.29, 1.82) is 0 Å². The third-order valence-electron chi connectivity index (χ3n) is 5.68. The Labute approximate surface area is 202 Å². The molecule has 0 saturated heterocycles. The van der Waals surface area contributed by atoms with E-state index >= 15 is 0 Å². The number of nitrogens with two attached hydrogens (primary N) is 1. The Balaban J connectivity index is 0.00000432. The number of rotatable bonds is 10. The van der Waals surface area contributed by atoms with Gasteiger partial charge in [0.2, 0.25) is 5.91 Å². The molecule has 0 fully saturated rings. The summed E-state index contributed by atoms with van der Waals surface area (Å²) in [5, 5.41) is 3.18. The van der Waals surface area contributed by atoms with E-state index in [0.29, 0.717) is 17.0 Å². The number of ketones is 1. The molecule has 0 radical (unpaired) electrons. The summed E-state index contributed by atoms with van der Waals surface area (Å²) >= 11 is 0. The number of benzene rings is 2. The number of amides is 1. The van der Waals surface area contributed by atoms with Crippen LogP contribution in [-0.2, 0) is 16.0 Å². The number of hydrogen-bond donors (Lipinski definition) is 2. The highest BCUT2D eigenvalue weighted by atomic mass is 16.5. The topological polar surface area (TPSA) is 90.6 Å². The fraction of sp³-hybridized carbons (Fsp3) is 0.286. The van der Waals surface area contributed by atoms with Gasteiger partial charge in [-0.2, -0.15) is 0 Å². The fourth-order valence-corrected chi connectivity index (χ4v) is 3.75. The Bertz CT molecular complexity index is 1100. The number of nitrogens with one attached hydrogen (secondary N) is 1. The number of Topliss-reactive ketones (excluding diaryl/α,β-unsaturated/α-hetero) is 1. The van der Waals surface area contributed by atoms with Crippen molar-refractivity contribution in [2.45, 2.75) is 39.2 Å². The van der Waals surface area contributed by atoms with E-state index in [9.17, 15) is 9.59 Å². The minimum Gasteiger partial charge on any atom is -0.497 e. The Kier molecular flexibility index (Phi) is 8.68. The number of carbonyl (C=O) groups excluding carboxylic acids is 2. The number of allylic oxidation sites excluding steroid dienone is 3. The summed E-state index contributed by atoms with van der Waals surface area (Å²) in [5.41, 5.74) is 9.61. The van der Waals surface area contributed by atoms with E-state index in [2.05, 4.69) is 23.5 Å². The average molecular weight is 463 g/mol. The molecule has 3 N–H and O–H groups in total. The van der Waals surface area contributed by atoms with E-state index in [4.69, 9.17) is 15.2 Å². The first-order chi connectivity index (χ1) is 16.4. The van der Waals surface area contributed by atoms with Gasteiger partial charge in [-0.25, -0.2) is 0 Å². The van der Waals surface area contributed by atoms with E-state index in [-0.39, 0.29) is 32.2 Å². The average Bonchev–Trinajstić information content (AvgIpc) is 2.84. The smallest absolute Gasteiger partial charge is 0.225 e. The van der Waals surface area contributed by atoms with E-state index < -0.39 is 0 Å². The normalized spacial score (nSPS) is 14.5. The van der Waals surface area contributed by atoms with Crippen molar-refractivity contribution in [2.75, 3.05) is 13.7 Å². The molecule has 1 aliphatic rings. The predicted octanol–water partition coefficient (Wildman–Crippen LogP) is 4.82. The number of hydrogen-bond acceptors (Lipinski definition) is 5. The highest BCUT2D eigenvalue weighted by Gasteiger charge is 2.19. The summed E-state index contributed by atoms with van der Waals surface area (Å²) in [6.07, 6.45) is 8.60. The Morgan fingerprint density at radius 2 is 1.71 bits per heavy atom. The third kappa shape index (κ3) is 6.85. The first-order valence-corrected chi connectivity index (χ1v) is 11.3.